The normalized spacial score (nSPS) is 11.7. The van der Waals surface area contributed by atoms with Crippen molar-refractivity contribution in [2.24, 2.45) is 5.92 Å². The van der Waals surface area contributed by atoms with Gasteiger partial charge in [0.1, 0.15) is 0 Å². The molecule has 0 aromatic rings. The quantitative estimate of drug-likeness (QED) is 0.0250. The Balaban J connectivity index is 4.08. The van der Waals surface area contributed by atoms with E-state index in [0.29, 0.717) is 45.9 Å². The van der Waals surface area contributed by atoms with Crippen LogP contribution in [0.25, 0.3) is 0 Å². The largest absolute Gasteiger partial charge is 0.465 e. The summed E-state index contributed by atoms with van der Waals surface area (Å²) in [6.45, 7) is 18.8. The van der Waals surface area contributed by atoms with Crippen molar-refractivity contribution >= 4 is 5.97 Å². The van der Waals surface area contributed by atoms with Crippen LogP contribution in [0.2, 0.25) is 0 Å². The lowest BCUT2D eigenvalue weighted by molar-refractivity contribution is -0.301. The molecule has 0 aromatic carbocycles. The summed E-state index contributed by atoms with van der Waals surface area (Å²) < 4.78 is 40.1. The molecule has 12 nitrogen and oxygen atoms in total. The second-order valence-corrected chi connectivity index (χ2v) is 19.0. The van der Waals surface area contributed by atoms with Gasteiger partial charge in [-0.2, -0.15) is 0 Å². The summed E-state index contributed by atoms with van der Waals surface area (Å²) in [5.74, 6) is -0.522. The van der Waals surface area contributed by atoms with Crippen molar-refractivity contribution in [3.63, 3.8) is 0 Å². The highest BCUT2D eigenvalue weighted by Crippen LogP contribution is 2.15. The van der Waals surface area contributed by atoms with Crippen LogP contribution in [0.15, 0.2) is 0 Å². The van der Waals surface area contributed by atoms with E-state index in [-0.39, 0.29) is 11.9 Å². The van der Waals surface area contributed by atoms with Crippen LogP contribution >= 0.6 is 0 Å². The van der Waals surface area contributed by atoms with E-state index in [1.807, 2.05) is 0 Å². The van der Waals surface area contributed by atoms with Crippen molar-refractivity contribution in [1.82, 2.24) is 0 Å². The van der Waals surface area contributed by atoms with E-state index in [2.05, 4.69) is 20.8 Å². The number of unbranched alkanes of at least 4 members (excludes halogenated alkanes) is 24. The summed E-state index contributed by atoms with van der Waals surface area (Å²) >= 11 is 0. The van der Waals surface area contributed by atoms with Gasteiger partial charge in [-0.25, -0.2) is 19.6 Å². The Kier molecular flexibility index (Phi) is 62.3. The highest BCUT2D eigenvalue weighted by Gasteiger charge is 2.20. The maximum atomic E-state index is 13.1. The predicted octanol–water partition coefficient (Wildman–Crippen LogP) is 14.9. The van der Waals surface area contributed by atoms with E-state index in [4.69, 9.17) is 52.7 Å². The van der Waals surface area contributed by atoms with Crippen LogP contribution < -0.4 is 0 Å². The molecule has 0 aliphatic rings. The highest BCUT2D eigenvalue weighted by atomic mass is 17.2. The number of hydrogen-bond acceptors (Lipinski definition) is 12. The average Bonchev–Trinajstić information content (AvgIpc) is 3.36. The fourth-order valence-corrected chi connectivity index (χ4v) is 7.74. The first-order valence-electron chi connectivity index (χ1n) is 29.4. The zero-order valence-corrected chi connectivity index (χ0v) is 45.7. The monoisotopic (exact) mass is 991 g/mol. The molecule has 414 valence electrons. The molecule has 0 unspecified atom stereocenters. The van der Waals surface area contributed by atoms with Crippen molar-refractivity contribution in [2.75, 3.05) is 112 Å². The van der Waals surface area contributed by atoms with Crippen LogP contribution in [0.3, 0.4) is 0 Å². The van der Waals surface area contributed by atoms with Crippen LogP contribution in [0, 0.1) is 5.92 Å². The molecule has 0 aliphatic heterocycles. The van der Waals surface area contributed by atoms with Crippen molar-refractivity contribution < 1.29 is 57.5 Å². The summed E-state index contributed by atoms with van der Waals surface area (Å²) in [6, 6.07) is 0. The lowest BCUT2D eigenvalue weighted by atomic mass is 10.0. The van der Waals surface area contributed by atoms with Gasteiger partial charge >= 0.3 is 5.97 Å². The fraction of sp³-hybridized carbons (Fsp3) is 0.982. The first-order valence-corrected chi connectivity index (χ1v) is 29.4. The second-order valence-electron chi connectivity index (χ2n) is 19.0. The van der Waals surface area contributed by atoms with Gasteiger partial charge in [-0.3, -0.25) is 4.79 Å². The predicted molar refractivity (Wildman–Crippen MR) is 282 cm³/mol. The third kappa shape index (κ3) is 59.5. The molecule has 0 radical (unpaired) electrons. The van der Waals surface area contributed by atoms with Gasteiger partial charge in [-0.15, -0.1) is 0 Å². The van der Waals surface area contributed by atoms with Gasteiger partial charge in [0.05, 0.1) is 39.0 Å². The molecular weight excluding hydrogens is 877 g/mol. The van der Waals surface area contributed by atoms with Crippen molar-refractivity contribution in [3.05, 3.63) is 0 Å². The number of rotatable bonds is 63. The highest BCUT2D eigenvalue weighted by molar-refractivity contribution is 5.72. The van der Waals surface area contributed by atoms with Crippen LogP contribution in [0.1, 0.15) is 245 Å². The molecular formula is C57H114O12. The van der Waals surface area contributed by atoms with Gasteiger partial charge in [0.15, 0.2) is 0 Å². The summed E-state index contributed by atoms with van der Waals surface area (Å²) in [5.41, 5.74) is 0. The van der Waals surface area contributed by atoms with Crippen molar-refractivity contribution in [1.29, 1.82) is 0 Å². The minimum Gasteiger partial charge on any atom is -0.465 e. The van der Waals surface area contributed by atoms with E-state index >= 15 is 0 Å². The maximum absolute atomic E-state index is 13.1. The molecule has 69 heavy (non-hydrogen) atoms. The molecule has 0 bridgehead atoms. The standard InChI is InChI=1S/C57H114O12/c1-4-7-10-25-39-59-45-34-48-62-42-28-19-13-16-22-31-51-65-57(58)56(37-54-68-66-52-32-23-17-14-20-29-43-63-49-35-46-60-40-26-11-8-5-2)38-55-69-67-53-33-24-18-15-21-30-44-64-50-36-47-61-41-27-12-9-6-3/h56H,4-55H2,1-3H3. The Labute approximate surface area is 425 Å². The molecule has 0 fully saturated rings. The lowest BCUT2D eigenvalue weighted by Gasteiger charge is -2.16. The lowest BCUT2D eigenvalue weighted by Crippen LogP contribution is -2.22. The van der Waals surface area contributed by atoms with E-state index in [1.54, 1.807) is 0 Å². The topological polar surface area (TPSA) is 119 Å². The number of carbonyl (C=O) groups excluding carboxylic acids is 1. The molecule has 0 aromatic heterocycles. The van der Waals surface area contributed by atoms with Gasteiger partial charge in [0.25, 0.3) is 0 Å². The zero-order chi connectivity index (χ0) is 49.7. The molecule has 12 heteroatoms. The minimum absolute atomic E-state index is 0.193. The molecule has 0 spiro atoms. The third-order valence-electron chi connectivity index (χ3n) is 12.2. The van der Waals surface area contributed by atoms with Gasteiger partial charge in [-0.1, -0.05) is 156 Å². The Bertz CT molecular complexity index is 884. The average molecular weight is 992 g/mol. The van der Waals surface area contributed by atoms with Gasteiger partial charge in [0.2, 0.25) is 0 Å². The number of hydrogen-bond donors (Lipinski definition) is 0. The van der Waals surface area contributed by atoms with E-state index < -0.39 is 0 Å². The van der Waals surface area contributed by atoms with Crippen LogP contribution in [-0.4, -0.2) is 118 Å². The van der Waals surface area contributed by atoms with Gasteiger partial charge in [-0.05, 0) is 89.9 Å². The van der Waals surface area contributed by atoms with Crippen molar-refractivity contribution in [3.8, 4) is 0 Å². The summed E-state index contributed by atoms with van der Waals surface area (Å²) in [6.07, 6.45) is 39.0. The molecule has 0 heterocycles. The van der Waals surface area contributed by atoms with Gasteiger partial charge < -0.3 is 33.2 Å². The van der Waals surface area contributed by atoms with Crippen molar-refractivity contribution in [2.45, 2.75) is 245 Å². The summed E-state index contributed by atoms with van der Waals surface area (Å²) in [7, 11) is 0. The molecule has 0 saturated carbocycles. The molecule has 0 saturated heterocycles. The van der Waals surface area contributed by atoms with Crippen LogP contribution in [0.4, 0.5) is 0 Å². The second kappa shape index (κ2) is 63.2. The number of esters is 1. The molecule has 0 amide bonds. The SMILES string of the molecule is CCCCCCOCCCOCCCCCCCCOOCCC(CCOOCCCCCCCCOCCCOCCCCCC)C(=O)OCCCCCCCCOCCCOCCCCCC. The first kappa shape index (κ1) is 68.1. The number of ether oxygens (including phenoxy) is 7. The van der Waals surface area contributed by atoms with Gasteiger partial charge in [0, 0.05) is 79.3 Å². The summed E-state index contributed by atoms with van der Waals surface area (Å²) in [4.78, 5) is 35.1. The van der Waals surface area contributed by atoms with Crippen LogP contribution in [-0.2, 0) is 57.5 Å². The smallest absolute Gasteiger partial charge is 0.309 e. The molecule has 0 rings (SSSR count). The molecule has 0 atom stereocenters. The number of carbonyl (C=O) groups is 1. The molecule has 0 aliphatic carbocycles. The molecule has 0 N–H and O–H groups in total. The Morgan fingerprint density at radius 2 is 0.464 bits per heavy atom. The Hall–Kier alpha value is -0.930. The van der Waals surface area contributed by atoms with E-state index in [9.17, 15) is 4.79 Å². The third-order valence-corrected chi connectivity index (χ3v) is 12.2. The first-order chi connectivity index (χ1) is 34.3. The Morgan fingerprint density at radius 1 is 0.246 bits per heavy atom. The zero-order valence-electron chi connectivity index (χ0n) is 45.7. The maximum Gasteiger partial charge on any atom is 0.309 e. The summed E-state index contributed by atoms with van der Waals surface area (Å²) in [5, 5.41) is 0. The minimum atomic E-state index is -0.329. The fourth-order valence-electron chi connectivity index (χ4n) is 7.74. The van der Waals surface area contributed by atoms with E-state index in [0.717, 1.165) is 163 Å². The van der Waals surface area contributed by atoms with E-state index in [1.165, 1.54) is 128 Å². The van der Waals surface area contributed by atoms with Crippen LogP contribution in [0.5, 0.6) is 0 Å². The Morgan fingerprint density at radius 3 is 0.754 bits per heavy atom.